The lowest BCUT2D eigenvalue weighted by Gasteiger charge is -2.16. The predicted octanol–water partition coefficient (Wildman–Crippen LogP) is 3.22. The van der Waals surface area contributed by atoms with Crippen LogP contribution in [-0.4, -0.2) is 236 Å². The number of methoxy groups -OCH3 is 4. The minimum atomic E-state index is -0.670. The standard InChI is InChI=1S/C9H11NO2.C9H21NO2.2C6H13NO2.2C6H15NO.C5H11NO.2C5H13NO.C4H9NO2.C4H11NO.C3H7NO2/c1-12-9(11)8(10)7-5-3-2-4-6-7;1-3-11-9(12-4-2)7-5-6-8-10;1-6(2)8-4-5(3-7)9-6;1-3-9-6(8)4-5(2)7;1-6(2)8-5-3-4-7;7-5-3-1-2-4-6-8;6-4-5-2-1-3-7-5;1-2-7-5-3-4-6;6-4-2-1-3-5-7;1-3(5)4(6)7-2;1-4(5)3-6-2;1-6-3(5)2-4/h2-6,8H,10H2,1H3;9H,3-8,10H2,1-2H3;2*5H,3-4,7H2,1-2H3;6H,3-5,7H2,1-2H3;8H,1-7H2;5H,1-4,6H2;2-6H2,1H3;7H,1-6H2;3H,5H2,1-2H3;4H,3,5H2,1-2H3;2,4H2,1H3. The van der Waals surface area contributed by atoms with Gasteiger partial charge in [-0.3, -0.25) is 19.2 Å². The number of aliphatic hydroxyl groups is 2. The maximum absolute atomic E-state index is 11.0. The van der Waals surface area contributed by atoms with Crippen molar-refractivity contribution in [3.05, 3.63) is 35.9 Å². The Morgan fingerprint density at radius 2 is 1.06 bits per heavy atom. The summed E-state index contributed by atoms with van der Waals surface area (Å²) in [5.41, 5.74) is 63.7. The maximum atomic E-state index is 11.0. The van der Waals surface area contributed by atoms with Gasteiger partial charge in [0.15, 0.2) is 12.1 Å². The third kappa shape index (κ3) is 106. The lowest BCUT2D eigenvalue weighted by atomic mass is 10.1. The molecule has 2 fully saturated rings. The fourth-order valence-corrected chi connectivity index (χ4v) is 6.46. The predicted molar refractivity (Wildman–Crippen MR) is 394 cm³/mol. The summed E-state index contributed by atoms with van der Waals surface area (Å²) in [6.07, 6.45) is 15.8. The molecule has 30 heteroatoms. The van der Waals surface area contributed by atoms with Crippen LogP contribution in [0.1, 0.15) is 184 Å². The zero-order chi connectivity index (χ0) is 77.1. The van der Waals surface area contributed by atoms with E-state index in [9.17, 15) is 19.2 Å². The van der Waals surface area contributed by atoms with E-state index in [1.807, 2.05) is 73.6 Å². The van der Waals surface area contributed by atoms with Gasteiger partial charge in [0.25, 0.3) is 0 Å². The molecule has 2 aliphatic rings. The molecule has 0 amide bonds. The first-order valence-corrected chi connectivity index (χ1v) is 34.7. The van der Waals surface area contributed by atoms with Crippen LogP contribution in [0.2, 0.25) is 0 Å². The van der Waals surface area contributed by atoms with Crippen LogP contribution >= 0.6 is 0 Å². The molecule has 30 nitrogen and oxygen atoms in total. The van der Waals surface area contributed by atoms with Gasteiger partial charge in [0, 0.05) is 85.1 Å². The number of nitrogens with two attached hydrogens (primary N) is 12. The highest BCUT2D eigenvalue weighted by Gasteiger charge is 2.31. The zero-order valence-electron chi connectivity index (χ0n) is 63.9. The summed E-state index contributed by atoms with van der Waals surface area (Å²) < 4.78 is 58.9. The number of benzene rings is 1. The first-order chi connectivity index (χ1) is 46.6. The van der Waals surface area contributed by atoms with Gasteiger partial charge in [0.1, 0.15) is 12.1 Å². The summed E-state index contributed by atoms with van der Waals surface area (Å²) in [6.45, 7) is 32.9. The first kappa shape index (κ1) is 113. The molecule has 2 saturated heterocycles. The second kappa shape index (κ2) is 93.2. The maximum Gasteiger partial charge on any atom is 0.327 e. The van der Waals surface area contributed by atoms with Gasteiger partial charge in [-0.25, -0.2) is 0 Å². The van der Waals surface area contributed by atoms with E-state index in [0.717, 1.165) is 148 Å². The van der Waals surface area contributed by atoms with Crippen LogP contribution in [-0.2, 0) is 76.0 Å². The van der Waals surface area contributed by atoms with Crippen molar-refractivity contribution in [2.45, 2.75) is 227 Å². The number of hydrogen-bond acceptors (Lipinski definition) is 30. The minimum absolute atomic E-state index is 0.0217. The number of rotatable bonds is 36. The summed E-state index contributed by atoms with van der Waals surface area (Å²) >= 11 is 0. The highest BCUT2D eigenvalue weighted by Crippen LogP contribution is 2.21. The summed E-state index contributed by atoms with van der Waals surface area (Å²) in [5.74, 6) is -1.80. The van der Waals surface area contributed by atoms with E-state index >= 15 is 0 Å². The monoisotopic (exact) mass is 1430 g/mol. The van der Waals surface area contributed by atoms with E-state index in [0.29, 0.717) is 78.0 Å². The van der Waals surface area contributed by atoms with E-state index in [4.69, 9.17) is 112 Å². The number of carbonyl (C=O) groups is 4. The third-order valence-corrected chi connectivity index (χ3v) is 11.5. The molecule has 592 valence electrons. The molecular weight excluding hydrogens is 1270 g/mol. The Morgan fingerprint density at radius 3 is 1.36 bits per heavy atom. The molecule has 0 radical (unpaired) electrons. The number of aliphatic hydroxyl groups excluding tert-OH is 2. The molecule has 3 rings (SSSR count). The van der Waals surface area contributed by atoms with Crippen molar-refractivity contribution in [1.82, 2.24) is 0 Å². The second-order valence-corrected chi connectivity index (χ2v) is 22.0. The molecule has 26 N–H and O–H groups in total. The lowest BCUT2D eigenvalue weighted by molar-refractivity contribution is -0.144. The molecule has 0 aromatic heterocycles. The summed E-state index contributed by atoms with van der Waals surface area (Å²) in [7, 11) is 5.58. The van der Waals surface area contributed by atoms with Crippen LogP contribution in [0.5, 0.6) is 0 Å². The Labute approximate surface area is 593 Å². The molecule has 6 atom stereocenters. The van der Waals surface area contributed by atoms with Crippen molar-refractivity contribution in [3.8, 4) is 0 Å². The van der Waals surface area contributed by atoms with Crippen molar-refractivity contribution < 1.29 is 86.2 Å². The molecule has 0 bridgehead atoms. The van der Waals surface area contributed by atoms with E-state index in [2.05, 4.69) is 23.7 Å². The molecule has 0 aliphatic carbocycles. The normalized spacial score (nSPS) is 14.6. The van der Waals surface area contributed by atoms with Crippen molar-refractivity contribution >= 4 is 23.9 Å². The van der Waals surface area contributed by atoms with Gasteiger partial charge >= 0.3 is 23.9 Å². The molecule has 0 saturated carbocycles. The van der Waals surface area contributed by atoms with Gasteiger partial charge in [-0.1, -0.05) is 43.2 Å². The molecule has 6 unspecified atom stereocenters. The minimum Gasteiger partial charge on any atom is -0.468 e. The fraction of sp³-hybridized carbons (Fsp3) is 0.853. The zero-order valence-corrected chi connectivity index (χ0v) is 63.9. The van der Waals surface area contributed by atoms with Crippen LogP contribution in [0.15, 0.2) is 30.3 Å². The number of carbonyl (C=O) groups excluding carboxylic acids is 4. The Hall–Kier alpha value is -3.78. The molecule has 1 aromatic rings. The van der Waals surface area contributed by atoms with Crippen LogP contribution in [0.3, 0.4) is 0 Å². The van der Waals surface area contributed by atoms with Crippen molar-refractivity contribution in [3.63, 3.8) is 0 Å². The molecule has 2 aliphatic heterocycles. The Bertz CT molecular complexity index is 1650. The second-order valence-electron chi connectivity index (χ2n) is 22.0. The van der Waals surface area contributed by atoms with Crippen molar-refractivity contribution in [1.29, 1.82) is 0 Å². The average Bonchev–Trinajstić information content (AvgIpc) is 1.66. The van der Waals surface area contributed by atoms with Crippen molar-refractivity contribution in [2.24, 2.45) is 68.8 Å². The highest BCUT2D eigenvalue weighted by atomic mass is 16.7. The van der Waals surface area contributed by atoms with Crippen LogP contribution in [0.4, 0.5) is 0 Å². The first-order valence-electron chi connectivity index (χ1n) is 34.7. The van der Waals surface area contributed by atoms with E-state index in [1.165, 1.54) is 27.8 Å². The third-order valence-electron chi connectivity index (χ3n) is 11.5. The van der Waals surface area contributed by atoms with Gasteiger partial charge in [-0.15, -0.1) is 0 Å². The Morgan fingerprint density at radius 1 is 0.571 bits per heavy atom. The van der Waals surface area contributed by atoms with Crippen LogP contribution in [0.25, 0.3) is 0 Å². The Kier molecular flexibility index (Phi) is 107. The molecule has 1 aromatic carbocycles. The van der Waals surface area contributed by atoms with Gasteiger partial charge in [-0.2, -0.15) is 0 Å². The van der Waals surface area contributed by atoms with E-state index in [1.54, 1.807) is 40.0 Å². The number of esters is 4. The summed E-state index contributed by atoms with van der Waals surface area (Å²) in [6, 6.07) is 8.03. The number of ether oxygens (including phenoxy) is 12. The average molecular weight is 1430 g/mol. The number of hydrogen-bond donors (Lipinski definition) is 14. The summed E-state index contributed by atoms with van der Waals surface area (Å²) in [5, 5.41) is 16.6. The van der Waals surface area contributed by atoms with Gasteiger partial charge in [-0.05, 0) is 191 Å². The lowest BCUT2D eigenvalue weighted by Crippen LogP contribution is -2.27. The fourth-order valence-electron chi connectivity index (χ4n) is 6.46. The van der Waals surface area contributed by atoms with Crippen LogP contribution < -0.4 is 68.8 Å². The Balaban J connectivity index is -0.000000127. The van der Waals surface area contributed by atoms with Crippen LogP contribution in [0, 0.1) is 0 Å². The SMILES string of the molecule is CC(C)OCCCN.CC1(C)OCC(CN)O1.CCOC(=O)CC(C)N.CCOC(CCCCN)OCC.CCOCCCN.COC(=O)C(C)N.COC(=O)C(N)c1ccccc1.COC(=O)CN.COCC(C)N.NCC1CCCO1.NCCCCCCO.NCCCCCO. The van der Waals surface area contributed by atoms with Gasteiger partial charge in [0.05, 0.1) is 72.4 Å². The highest BCUT2D eigenvalue weighted by molar-refractivity contribution is 5.77. The smallest absolute Gasteiger partial charge is 0.327 e. The van der Waals surface area contributed by atoms with Gasteiger partial charge < -0.3 is 136 Å². The largest absolute Gasteiger partial charge is 0.468 e. The summed E-state index contributed by atoms with van der Waals surface area (Å²) in [4.78, 5) is 41.5. The van der Waals surface area contributed by atoms with E-state index < -0.39 is 23.8 Å². The number of unbranched alkanes of at least 4 members (excludes halogenated alkanes) is 6. The van der Waals surface area contributed by atoms with Crippen molar-refractivity contribution in [2.75, 3.05) is 153 Å². The van der Waals surface area contributed by atoms with Gasteiger partial charge in [0.2, 0.25) is 0 Å². The molecular formula is C68H152N12O18. The molecule has 98 heavy (non-hydrogen) atoms. The molecule has 0 spiro atoms. The van der Waals surface area contributed by atoms with E-state index in [-0.39, 0.29) is 48.9 Å². The quantitative estimate of drug-likeness (QED) is 0.0198. The topological polar surface area (TPSA) is 532 Å². The molecule has 2 heterocycles.